The van der Waals surface area contributed by atoms with Gasteiger partial charge in [0.15, 0.2) is 5.78 Å². The Morgan fingerprint density at radius 2 is 2.27 bits per heavy atom. The van der Waals surface area contributed by atoms with Crippen LogP contribution in [0, 0.1) is 0 Å². The zero-order valence-corrected chi connectivity index (χ0v) is 11.7. The van der Waals surface area contributed by atoms with Crippen LogP contribution in [-0.4, -0.2) is 12.0 Å². The summed E-state index contributed by atoms with van der Waals surface area (Å²) < 4.78 is 0. The maximum Gasteiger partial charge on any atom is 0.152 e. The van der Waals surface area contributed by atoms with E-state index < -0.39 is 5.38 Å². The fourth-order valence-electron chi connectivity index (χ4n) is 1.28. The third-order valence-electron chi connectivity index (χ3n) is 2.13. The SMILES string of the molecule is CSc1ccc(CBr)c(C(Cl)C(C)=O)c1. The second-order valence-corrected chi connectivity index (χ2v) is 5.05. The van der Waals surface area contributed by atoms with E-state index in [0.717, 1.165) is 16.0 Å². The molecule has 0 bridgehead atoms. The van der Waals surface area contributed by atoms with Crippen molar-refractivity contribution in [3.63, 3.8) is 0 Å². The molecule has 1 rings (SSSR count). The summed E-state index contributed by atoms with van der Waals surface area (Å²) in [5.74, 6) is -0.0166. The lowest BCUT2D eigenvalue weighted by molar-refractivity contribution is -0.116. The van der Waals surface area contributed by atoms with Crippen LogP contribution in [0.3, 0.4) is 0 Å². The summed E-state index contributed by atoms with van der Waals surface area (Å²) in [7, 11) is 0. The molecule has 0 saturated heterocycles. The molecule has 1 nitrogen and oxygen atoms in total. The number of rotatable bonds is 4. The molecule has 0 aliphatic carbocycles. The van der Waals surface area contributed by atoms with E-state index in [9.17, 15) is 4.79 Å². The summed E-state index contributed by atoms with van der Waals surface area (Å²) >= 11 is 11.1. The van der Waals surface area contributed by atoms with Crippen LogP contribution in [0.15, 0.2) is 23.1 Å². The van der Waals surface area contributed by atoms with Crippen LogP contribution in [0.1, 0.15) is 23.4 Å². The Morgan fingerprint density at radius 3 is 2.73 bits per heavy atom. The van der Waals surface area contributed by atoms with Gasteiger partial charge in [0, 0.05) is 10.2 Å². The topological polar surface area (TPSA) is 17.1 Å². The molecule has 0 fully saturated rings. The Balaban J connectivity index is 3.16. The monoisotopic (exact) mass is 306 g/mol. The molecule has 0 aliphatic rings. The molecule has 1 atom stereocenters. The number of benzene rings is 1. The fraction of sp³-hybridized carbons (Fsp3) is 0.364. The van der Waals surface area contributed by atoms with Crippen LogP contribution in [0.2, 0.25) is 0 Å². The summed E-state index contributed by atoms with van der Waals surface area (Å²) in [6.07, 6.45) is 2.00. The molecule has 0 heterocycles. The van der Waals surface area contributed by atoms with Gasteiger partial charge in [0.1, 0.15) is 5.38 Å². The van der Waals surface area contributed by atoms with Crippen LogP contribution in [0.25, 0.3) is 0 Å². The third-order valence-corrected chi connectivity index (χ3v) is 4.00. The number of carbonyl (C=O) groups excluding carboxylic acids is 1. The second-order valence-electron chi connectivity index (χ2n) is 3.17. The Morgan fingerprint density at radius 1 is 1.60 bits per heavy atom. The Labute approximate surface area is 108 Å². The van der Waals surface area contributed by atoms with Crippen molar-refractivity contribution in [1.82, 2.24) is 0 Å². The normalized spacial score (nSPS) is 12.5. The van der Waals surface area contributed by atoms with Crippen molar-refractivity contribution in [3.8, 4) is 0 Å². The van der Waals surface area contributed by atoms with Gasteiger partial charge in [0.05, 0.1) is 0 Å². The summed E-state index contributed by atoms with van der Waals surface area (Å²) in [6.45, 7) is 1.52. The predicted octanol–water partition coefficient (Wildman–Crippen LogP) is 4.17. The fourth-order valence-corrected chi connectivity index (χ4v) is 2.44. The van der Waals surface area contributed by atoms with E-state index in [2.05, 4.69) is 15.9 Å². The molecule has 4 heteroatoms. The van der Waals surface area contributed by atoms with Crippen LogP contribution >= 0.6 is 39.3 Å². The Hall–Kier alpha value is 0.01000. The van der Waals surface area contributed by atoms with Crippen molar-refractivity contribution in [2.24, 2.45) is 0 Å². The van der Waals surface area contributed by atoms with Gasteiger partial charge < -0.3 is 0 Å². The van der Waals surface area contributed by atoms with Crippen LogP contribution in [-0.2, 0) is 10.1 Å². The summed E-state index contributed by atoms with van der Waals surface area (Å²) in [6, 6.07) is 6.03. The van der Waals surface area contributed by atoms with E-state index in [1.807, 2.05) is 24.5 Å². The molecule has 82 valence electrons. The van der Waals surface area contributed by atoms with Gasteiger partial charge in [-0.25, -0.2) is 0 Å². The lowest BCUT2D eigenvalue weighted by Crippen LogP contribution is -2.04. The number of carbonyl (C=O) groups is 1. The van der Waals surface area contributed by atoms with Crippen LogP contribution < -0.4 is 0 Å². The van der Waals surface area contributed by atoms with Gasteiger partial charge in [-0.1, -0.05) is 22.0 Å². The lowest BCUT2D eigenvalue weighted by Gasteiger charge is -2.12. The maximum atomic E-state index is 11.3. The van der Waals surface area contributed by atoms with Crippen molar-refractivity contribution >= 4 is 45.1 Å². The van der Waals surface area contributed by atoms with Gasteiger partial charge in [-0.15, -0.1) is 23.4 Å². The zero-order chi connectivity index (χ0) is 11.4. The molecule has 0 spiro atoms. The zero-order valence-electron chi connectivity index (χ0n) is 8.59. The minimum atomic E-state index is -0.537. The van der Waals surface area contributed by atoms with Crippen molar-refractivity contribution in [3.05, 3.63) is 29.3 Å². The van der Waals surface area contributed by atoms with Gasteiger partial charge in [0.2, 0.25) is 0 Å². The first-order valence-corrected chi connectivity index (χ1v) is 7.25. The highest BCUT2D eigenvalue weighted by molar-refractivity contribution is 9.08. The second kappa shape index (κ2) is 5.92. The molecule has 0 radical (unpaired) electrons. The van der Waals surface area contributed by atoms with E-state index >= 15 is 0 Å². The number of hydrogen-bond acceptors (Lipinski definition) is 2. The molecule has 0 N–H and O–H groups in total. The molecule has 1 unspecified atom stereocenters. The van der Waals surface area contributed by atoms with Crippen molar-refractivity contribution in [2.75, 3.05) is 6.26 Å². The number of halogens is 2. The molecule has 0 saturated carbocycles. The smallest absolute Gasteiger partial charge is 0.152 e. The average Bonchev–Trinajstić information content (AvgIpc) is 2.27. The summed E-state index contributed by atoms with van der Waals surface area (Å²) in [5.41, 5.74) is 1.98. The van der Waals surface area contributed by atoms with Crippen LogP contribution in [0.5, 0.6) is 0 Å². The minimum absolute atomic E-state index is 0.0166. The van der Waals surface area contributed by atoms with Gasteiger partial charge in [0.25, 0.3) is 0 Å². The van der Waals surface area contributed by atoms with E-state index in [-0.39, 0.29) is 5.78 Å². The minimum Gasteiger partial charge on any atom is -0.298 e. The maximum absolute atomic E-state index is 11.3. The van der Waals surface area contributed by atoms with Gasteiger partial charge in [-0.2, -0.15) is 0 Å². The Kier molecular flexibility index (Phi) is 5.16. The summed E-state index contributed by atoms with van der Waals surface area (Å²) in [5, 5.41) is 0.178. The first kappa shape index (κ1) is 13.1. The first-order valence-electron chi connectivity index (χ1n) is 4.47. The lowest BCUT2D eigenvalue weighted by atomic mass is 10.0. The molecular formula is C11H12BrClOS. The molecular weight excluding hydrogens is 296 g/mol. The molecule has 1 aromatic carbocycles. The average molecular weight is 308 g/mol. The van der Waals surface area contributed by atoms with Crippen LogP contribution in [0.4, 0.5) is 0 Å². The molecule has 0 aromatic heterocycles. The first-order chi connectivity index (χ1) is 7.10. The molecule has 0 amide bonds. The standard InChI is InChI=1S/C11H12BrClOS/c1-7(14)11(13)10-5-9(15-2)4-3-8(10)6-12/h3-5,11H,6H2,1-2H3. The quantitative estimate of drug-likeness (QED) is 0.613. The van der Waals surface area contributed by atoms with E-state index in [4.69, 9.17) is 11.6 Å². The highest BCUT2D eigenvalue weighted by Gasteiger charge is 2.16. The highest BCUT2D eigenvalue weighted by atomic mass is 79.9. The van der Waals surface area contributed by atoms with Crippen molar-refractivity contribution < 1.29 is 4.79 Å². The number of hydrogen-bond donors (Lipinski definition) is 0. The largest absolute Gasteiger partial charge is 0.298 e. The molecule has 15 heavy (non-hydrogen) atoms. The molecule has 0 aliphatic heterocycles. The van der Waals surface area contributed by atoms with Gasteiger partial charge in [-0.05, 0) is 36.4 Å². The highest BCUT2D eigenvalue weighted by Crippen LogP contribution is 2.30. The summed E-state index contributed by atoms with van der Waals surface area (Å²) in [4.78, 5) is 12.4. The number of Topliss-reactive ketones (excluding diaryl/α,β-unsaturated/α-hetero) is 1. The van der Waals surface area contributed by atoms with E-state index in [1.54, 1.807) is 11.8 Å². The third kappa shape index (κ3) is 3.23. The number of alkyl halides is 2. The van der Waals surface area contributed by atoms with Crippen molar-refractivity contribution in [1.29, 1.82) is 0 Å². The molecule has 1 aromatic rings. The van der Waals surface area contributed by atoms with E-state index in [1.165, 1.54) is 6.92 Å². The van der Waals surface area contributed by atoms with E-state index in [0.29, 0.717) is 5.33 Å². The van der Waals surface area contributed by atoms with Crippen molar-refractivity contribution in [2.45, 2.75) is 22.5 Å². The Bertz CT molecular complexity index is 368. The predicted molar refractivity (Wildman–Crippen MR) is 70.1 cm³/mol. The van der Waals surface area contributed by atoms with Gasteiger partial charge in [-0.3, -0.25) is 4.79 Å². The number of ketones is 1. The van der Waals surface area contributed by atoms with Gasteiger partial charge >= 0.3 is 0 Å². The number of thioether (sulfide) groups is 1.